The van der Waals surface area contributed by atoms with Gasteiger partial charge in [0, 0.05) is 19.4 Å². The predicted octanol–water partition coefficient (Wildman–Crippen LogP) is 1.88. The number of ketones is 1. The molecule has 1 N–H and O–H groups in total. The van der Waals surface area contributed by atoms with Gasteiger partial charge in [0.1, 0.15) is 5.78 Å². The molecule has 0 amide bonds. The first-order valence-electron chi connectivity index (χ1n) is 4.90. The number of carbonyl (C=O) groups is 1. The zero-order valence-electron chi connectivity index (χ0n) is 8.49. The Morgan fingerprint density at radius 2 is 2.14 bits per heavy atom. The molecule has 0 saturated heterocycles. The maximum atomic E-state index is 11.1. The summed E-state index contributed by atoms with van der Waals surface area (Å²) in [5, 5.41) is 8.56. The van der Waals surface area contributed by atoms with Gasteiger partial charge in [-0.25, -0.2) is 0 Å². The first-order chi connectivity index (χ1) is 6.72. The van der Waals surface area contributed by atoms with Gasteiger partial charge in [0.25, 0.3) is 0 Å². The average Bonchev–Trinajstić information content (AvgIpc) is 2.15. The van der Waals surface area contributed by atoms with E-state index in [0.717, 1.165) is 6.42 Å². The molecule has 2 heteroatoms. The standard InChI is InChI=1S/C12H16O2/c1-10-3-2-4-11(9-10)5-6-12(14)7-8-13/h2-4,9,13H,5-8H2,1H3. The minimum absolute atomic E-state index is 0.0351. The van der Waals surface area contributed by atoms with Crippen molar-refractivity contribution in [3.05, 3.63) is 35.4 Å². The van der Waals surface area contributed by atoms with E-state index in [4.69, 9.17) is 5.11 Å². The van der Waals surface area contributed by atoms with E-state index in [1.54, 1.807) is 0 Å². The van der Waals surface area contributed by atoms with Crippen LogP contribution in [-0.2, 0) is 11.2 Å². The molecule has 0 aliphatic carbocycles. The quantitative estimate of drug-likeness (QED) is 0.773. The smallest absolute Gasteiger partial charge is 0.135 e. The number of aliphatic hydroxyl groups is 1. The summed E-state index contributed by atoms with van der Waals surface area (Å²) in [4.78, 5) is 11.1. The van der Waals surface area contributed by atoms with Gasteiger partial charge in [-0.15, -0.1) is 0 Å². The predicted molar refractivity (Wildman–Crippen MR) is 56.2 cm³/mol. The van der Waals surface area contributed by atoms with Crippen LogP contribution in [-0.4, -0.2) is 17.5 Å². The molecule has 1 aromatic rings. The Labute approximate surface area is 84.6 Å². The second kappa shape index (κ2) is 5.55. The van der Waals surface area contributed by atoms with Crippen LogP contribution in [0.1, 0.15) is 24.0 Å². The van der Waals surface area contributed by atoms with Gasteiger partial charge < -0.3 is 5.11 Å². The van der Waals surface area contributed by atoms with E-state index in [-0.39, 0.29) is 18.8 Å². The highest BCUT2D eigenvalue weighted by Gasteiger charge is 2.01. The summed E-state index contributed by atoms with van der Waals surface area (Å²) in [7, 11) is 0. The summed E-state index contributed by atoms with van der Waals surface area (Å²) in [6.07, 6.45) is 1.59. The van der Waals surface area contributed by atoms with Crippen LogP contribution >= 0.6 is 0 Å². The van der Waals surface area contributed by atoms with Crippen LogP contribution in [0.25, 0.3) is 0 Å². The van der Waals surface area contributed by atoms with E-state index in [1.165, 1.54) is 11.1 Å². The first-order valence-corrected chi connectivity index (χ1v) is 4.90. The second-order valence-corrected chi connectivity index (χ2v) is 3.50. The largest absolute Gasteiger partial charge is 0.396 e. The van der Waals surface area contributed by atoms with E-state index in [2.05, 4.69) is 6.07 Å². The molecule has 1 rings (SSSR count). The Kier molecular flexibility index (Phi) is 4.33. The Bertz CT molecular complexity index is 305. The molecule has 0 aromatic heterocycles. The van der Waals surface area contributed by atoms with Gasteiger partial charge in [-0.1, -0.05) is 29.8 Å². The highest BCUT2D eigenvalue weighted by atomic mass is 16.3. The minimum Gasteiger partial charge on any atom is -0.396 e. The third kappa shape index (κ3) is 3.71. The van der Waals surface area contributed by atoms with Crippen LogP contribution in [0.4, 0.5) is 0 Å². The Morgan fingerprint density at radius 1 is 1.36 bits per heavy atom. The maximum Gasteiger partial charge on any atom is 0.135 e. The fourth-order valence-electron chi connectivity index (χ4n) is 1.40. The molecule has 0 radical (unpaired) electrons. The van der Waals surface area contributed by atoms with Crippen molar-refractivity contribution < 1.29 is 9.90 Å². The number of aryl methyl sites for hydroxylation is 2. The number of aliphatic hydroxyl groups excluding tert-OH is 1. The van der Waals surface area contributed by atoms with Crippen LogP contribution in [0.5, 0.6) is 0 Å². The van der Waals surface area contributed by atoms with E-state index in [1.807, 2.05) is 25.1 Å². The van der Waals surface area contributed by atoms with Crippen molar-refractivity contribution in [2.75, 3.05) is 6.61 Å². The van der Waals surface area contributed by atoms with Crippen LogP contribution in [0.2, 0.25) is 0 Å². The molecule has 76 valence electrons. The fraction of sp³-hybridized carbons (Fsp3) is 0.417. The zero-order valence-corrected chi connectivity index (χ0v) is 8.49. The lowest BCUT2D eigenvalue weighted by molar-refractivity contribution is -0.119. The molecule has 0 saturated carbocycles. The van der Waals surface area contributed by atoms with Crippen molar-refractivity contribution in [3.63, 3.8) is 0 Å². The Balaban J connectivity index is 2.41. The van der Waals surface area contributed by atoms with Crippen LogP contribution in [0.3, 0.4) is 0 Å². The van der Waals surface area contributed by atoms with Crippen LogP contribution in [0, 0.1) is 6.92 Å². The monoisotopic (exact) mass is 192 g/mol. The molecule has 0 fully saturated rings. The first kappa shape index (κ1) is 10.9. The molecular formula is C12H16O2. The number of rotatable bonds is 5. The summed E-state index contributed by atoms with van der Waals surface area (Å²) >= 11 is 0. The highest BCUT2D eigenvalue weighted by Crippen LogP contribution is 2.07. The van der Waals surface area contributed by atoms with Gasteiger partial charge in [-0.3, -0.25) is 4.79 Å². The van der Waals surface area contributed by atoms with E-state index in [9.17, 15) is 4.79 Å². The van der Waals surface area contributed by atoms with Crippen molar-refractivity contribution in [1.82, 2.24) is 0 Å². The normalized spacial score (nSPS) is 10.1. The summed E-state index contributed by atoms with van der Waals surface area (Å²) in [5.74, 6) is 0.133. The molecule has 0 spiro atoms. The molecule has 0 unspecified atom stereocenters. The molecule has 0 heterocycles. The third-order valence-corrected chi connectivity index (χ3v) is 2.17. The van der Waals surface area contributed by atoms with Crippen LogP contribution in [0.15, 0.2) is 24.3 Å². The number of carbonyl (C=O) groups excluding carboxylic acids is 1. The fourth-order valence-corrected chi connectivity index (χ4v) is 1.40. The van der Waals surface area contributed by atoms with Gasteiger partial charge in [-0.05, 0) is 18.9 Å². The maximum absolute atomic E-state index is 11.1. The molecule has 14 heavy (non-hydrogen) atoms. The average molecular weight is 192 g/mol. The minimum atomic E-state index is -0.0351. The SMILES string of the molecule is Cc1cccc(CCC(=O)CCO)c1. The Hall–Kier alpha value is -1.15. The third-order valence-electron chi connectivity index (χ3n) is 2.17. The summed E-state index contributed by atoms with van der Waals surface area (Å²) in [5.41, 5.74) is 2.41. The summed E-state index contributed by atoms with van der Waals surface area (Å²) in [6, 6.07) is 8.16. The lowest BCUT2D eigenvalue weighted by atomic mass is 10.0. The lowest BCUT2D eigenvalue weighted by Gasteiger charge is -2.01. The lowest BCUT2D eigenvalue weighted by Crippen LogP contribution is -2.02. The second-order valence-electron chi connectivity index (χ2n) is 3.50. The van der Waals surface area contributed by atoms with E-state index >= 15 is 0 Å². The van der Waals surface area contributed by atoms with Crippen molar-refractivity contribution in [2.45, 2.75) is 26.2 Å². The number of hydrogen-bond acceptors (Lipinski definition) is 2. The molecule has 0 bridgehead atoms. The van der Waals surface area contributed by atoms with Gasteiger partial charge in [0.2, 0.25) is 0 Å². The molecule has 2 nitrogen and oxygen atoms in total. The molecule has 0 aliphatic heterocycles. The van der Waals surface area contributed by atoms with Gasteiger partial charge in [0.15, 0.2) is 0 Å². The van der Waals surface area contributed by atoms with Crippen molar-refractivity contribution in [1.29, 1.82) is 0 Å². The molecule has 1 aromatic carbocycles. The molecule has 0 atom stereocenters. The van der Waals surface area contributed by atoms with E-state index in [0.29, 0.717) is 6.42 Å². The van der Waals surface area contributed by atoms with Gasteiger partial charge in [0.05, 0.1) is 0 Å². The van der Waals surface area contributed by atoms with Crippen LogP contribution < -0.4 is 0 Å². The van der Waals surface area contributed by atoms with Crippen molar-refractivity contribution in [2.24, 2.45) is 0 Å². The number of benzene rings is 1. The molecule has 0 aliphatic rings. The van der Waals surface area contributed by atoms with Gasteiger partial charge >= 0.3 is 0 Å². The summed E-state index contributed by atoms with van der Waals surface area (Å²) < 4.78 is 0. The topological polar surface area (TPSA) is 37.3 Å². The van der Waals surface area contributed by atoms with Gasteiger partial charge in [-0.2, -0.15) is 0 Å². The van der Waals surface area contributed by atoms with E-state index < -0.39 is 0 Å². The van der Waals surface area contributed by atoms with Crippen molar-refractivity contribution in [3.8, 4) is 0 Å². The van der Waals surface area contributed by atoms with Crippen molar-refractivity contribution >= 4 is 5.78 Å². The zero-order chi connectivity index (χ0) is 10.4. The molecular weight excluding hydrogens is 176 g/mol. The number of Topliss-reactive ketones (excluding diaryl/α,β-unsaturated/α-hetero) is 1. The summed E-state index contributed by atoms with van der Waals surface area (Å²) in [6.45, 7) is 2.01. The highest BCUT2D eigenvalue weighted by molar-refractivity contribution is 5.78. The Morgan fingerprint density at radius 3 is 2.79 bits per heavy atom. The number of hydrogen-bond donors (Lipinski definition) is 1.